The molecule has 0 saturated heterocycles. The van der Waals surface area contributed by atoms with Crippen molar-refractivity contribution in [1.82, 2.24) is 0 Å². The summed E-state index contributed by atoms with van der Waals surface area (Å²) in [5.74, 6) is 1.62. The number of hydrogen-bond acceptors (Lipinski definition) is 4. The van der Waals surface area contributed by atoms with Crippen molar-refractivity contribution in [3.8, 4) is 17.2 Å². The van der Waals surface area contributed by atoms with Gasteiger partial charge < -0.3 is 19.2 Å². The van der Waals surface area contributed by atoms with Gasteiger partial charge in [-0.05, 0) is 12.1 Å². The first-order valence-corrected chi connectivity index (χ1v) is 3.43. The Morgan fingerprint density at radius 3 is 3.17 bits per heavy atom. The summed E-state index contributed by atoms with van der Waals surface area (Å²) in [6.45, 7) is 0.196. The maximum absolute atomic E-state index is 8.41. The van der Waals surface area contributed by atoms with Gasteiger partial charge in [0.05, 0.1) is 0 Å². The normalized spacial score (nSPS) is 12.8. The Kier molecular flexibility index (Phi) is 1.79. The molecule has 0 spiro atoms. The lowest BCUT2D eigenvalue weighted by Crippen LogP contribution is -2.00. The van der Waals surface area contributed by atoms with Crippen molar-refractivity contribution in [2.24, 2.45) is 0 Å². The van der Waals surface area contributed by atoms with Gasteiger partial charge in [-0.15, -0.1) is 0 Å². The molecule has 1 aromatic carbocycles. The van der Waals surface area contributed by atoms with Gasteiger partial charge in [0.2, 0.25) is 12.5 Å². The summed E-state index contributed by atoms with van der Waals surface area (Å²) in [6, 6.07) is 5.21. The van der Waals surface area contributed by atoms with Crippen molar-refractivity contribution in [3.05, 3.63) is 18.2 Å². The second-order valence-corrected chi connectivity index (χ2v) is 2.21. The first kappa shape index (κ1) is 7.30. The summed E-state index contributed by atoms with van der Waals surface area (Å²) in [5, 5.41) is 8.41. The van der Waals surface area contributed by atoms with Crippen LogP contribution in [0.15, 0.2) is 18.2 Å². The lowest BCUT2D eigenvalue weighted by molar-refractivity contribution is 0.172. The average Bonchev–Trinajstić information content (AvgIpc) is 2.53. The number of hydrogen-bond donors (Lipinski definition) is 1. The van der Waals surface area contributed by atoms with Gasteiger partial charge in [0, 0.05) is 0 Å². The molecule has 0 unspecified atom stereocenters. The molecule has 0 aliphatic carbocycles. The van der Waals surface area contributed by atoms with Crippen LogP contribution in [0.3, 0.4) is 0 Å². The summed E-state index contributed by atoms with van der Waals surface area (Å²) in [5.41, 5.74) is 0. The number of benzene rings is 1. The number of para-hydroxylation sites is 1. The number of ether oxygens (including phenoxy) is 2. The van der Waals surface area contributed by atoms with Gasteiger partial charge in [-0.1, -0.05) is 6.07 Å². The zero-order valence-electron chi connectivity index (χ0n) is 6.19. The van der Waals surface area contributed by atoms with Crippen LogP contribution >= 0.6 is 0 Å². The molecule has 1 aliphatic rings. The highest BCUT2D eigenvalue weighted by atomic mass is 16.7. The van der Waals surface area contributed by atoms with E-state index in [2.05, 4.69) is 0 Å². The van der Waals surface area contributed by atoms with Crippen LogP contribution in [0.25, 0.3) is 0 Å². The Morgan fingerprint density at radius 1 is 1.42 bits per heavy atom. The smallest absolute Gasteiger partial charge is 0.535 e. The van der Waals surface area contributed by atoms with E-state index in [0.29, 0.717) is 24.9 Å². The molecular formula is C7H6BO4. The highest BCUT2D eigenvalue weighted by molar-refractivity contribution is 6.17. The summed E-state index contributed by atoms with van der Waals surface area (Å²) in [4.78, 5) is 0. The van der Waals surface area contributed by atoms with E-state index in [9.17, 15) is 0 Å². The molecule has 1 aliphatic heterocycles. The van der Waals surface area contributed by atoms with Crippen molar-refractivity contribution >= 4 is 7.69 Å². The number of fused-ring (bicyclic) bond motifs is 1. The minimum absolute atomic E-state index is 0.196. The summed E-state index contributed by atoms with van der Waals surface area (Å²) < 4.78 is 15.0. The molecule has 0 saturated carbocycles. The van der Waals surface area contributed by atoms with E-state index in [0.717, 1.165) is 0 Å². The van der Waals surface area contributed by atoms with Gasteiger partial charge in [-0.25, -0.2) is 0 Å². The zero-order valence-corrected chi connectivity index (χ0v) is 6.19. The van der Waals surface area contributed by atoms with Crippen molar-refractivity contribution in [2.45, 2.75) is 0 Å². The van der Waals surface area contributed by atoms with Gasteiger partial charge in [0.15, 0.2) is 5.75 Å². The first-order valence-electron chi connectivity index (χ1n) is 3.43. The largest absolute Gasteiger partial charge is 0.569 e. The van der Waals surface area contributed by atoms with Gasteiger partial charge in [-0.3, -0.25) is 0 Å². The highest BCUT2D eigenvalue weighted by Gasteiger charge is 2.17. The molecule has 12 heavy (non-hydrogen) atoms. The topological polar surface area (TPSA) is 47.9 Å². The van der Waals surface area contributed by atoms with Crippen molar-refractivity contribution in [3.63, 3.8) is 0 Å². The predicted octanol–water partition coefficient (Wildman–Crippen LogP) is 0.321. The van der Waals surface area contributed by atoms with Crippen molar-refractivity contribution in [1.29, 1.82) is 0 Å². The minimum atomic E-state index is 0.196. The van der Waals surface area contributed by atoms with Crippen LogP contribution in [0, 0.1) is 0 Å². The molecule has 5 heteroatoms. The van der Waals surface area contributed by atoms with Crippen molar-refractivity contribution in [2.75, 3.05) is 6.79 Å². The van der Waals surface area contributed by atoms with Crippen LogP contribution in [-0.4, -0.2) is 19.5 Å². The van der Waals surface area contributed by atoms with Crippen molar-refractivity contribution < 1.29 is 19.2 Å². The Morgan fingerprint density at radius 2 is 2.33 bits per heavy atom. The molecule has 0 aromatic heterocycles. The first-order chi connectivity index (χ1) is 5.92. The number of rotatable bonds is 2. The molecule has 0 atom stereocenters. The predicted molar refractivity (Wildman–Crippen MR) is 41.2 cm³/mol. The molecule has 2 rings (SSSR count). The quantitative estimate of drug-likeness (QED) is 0.641. The monoisotopic (exact) mass is 165 g/mol. The van der Waals surface area contributed by atoms with Crippen LogP contribution in [0.2, 0.25) is 0 Å². The molecule has 1 N–H and O–H groups in total. The third kappa shape index (κ3) is 1.08. The second-order valence-electron chi connectivity index (χ2n) is 2.21. The Labute approximate surface area is 70.0 Å². The average molecular weight is 165 g/mol. The molecular weight excluding hydrogens is 159 g/mol. The van der Waals surface area contributed by atoms with E-state index in [4.69, 9.17) is 19.2 Å². The lowest BCUT2D eigenvalue weighted by atomic mass is 10.3. The standard InChI is InChI=1S/C7H6BO4/c9-8-12-6-3-1-2-5-7(6)11-4-10-5/h1-3,9H,4H2. The molecule has 4 nitrogen and oxygen atoms in total. The molecule has 0 bridgehead atoms. The fraction of sp³-hybridized carbons (Fsp3) is 0.143. The minimum Gasteiger partial charge on any atom is -0.535 e. The molecule has 1 radical (unpaired) electrons. The Bertz CT molecular complexity index is 289. The van der Waals surface area contributed by atoms with Crippen LogP contribution in [-0.2, 0) is 0 Å². The Hall–Kier alpha value is -1.36. The van der Waals surface area contributed by atoms with E-state index in [-0.39, 0.29) is 6.79 Å². The van der Waals surface area contributed by atoms with Gasteiger partial charge >= 0.3 is 7.69 Å². The van der Waals surface area contributed by atoms with E-state index >= 15 is 0 Å². The Balaban J connectivity index is 2.36. The van der Waals surface area contributed by atoms with E-state index in [1.54, 1.807) is 18.2 Å². The summed E-state index contributed by atoms with van der Waals surface area (Å²) in [7, 11) is 0.608. The van der Waals surface area contributed by atoms with E-state index in [1.165, 1.54) is 0 Å². The van der Waals surface area contributed by atoms with Crippen LogP contribution in [0.4, 0.5) is 0 Å². The summed E-state index contributed by atoms with van der Waals surface area (Å²) >= 11 is 0. The van der Waals surface area contributed by atoms with Crippen LogP contribution in [0.5, 0.6) is 17.2 Å². The SMILES string of the molecule is O[B]Oc1cccc2c1OCO2. The van der Waals surface area contributed by atoms with Crippen LogP contribution in [0.1, 0.15) is 0 Å². The van der Waals surface area contributed by atoms with Gasteiger partial charge in [-0.2, -0.15) is 0 Å². The van der Waals surface area contributed by atoms with Crippen LogP contribution < -0.4 is 14.1 Å². The molecule has 1 heterocycles. The summed E-state index contributed by atoms with van der Waals surface area (Å²) in [6.07, 6.45) is 0. The second kappa shape index (κ2) is 2.94. The lowest BCUT2D eigenvalue weighted by Gasteiger charge is -2.03. The van der Waals surface area contributed by atoms with E-state index in [1.807, 2.05) is 0 Å². The fourth-order valence-electron chi connectivity index (χ4n) is 1.05. The van der Waals surface area contributed by atoms with Gasteiger partial charge in [0.25, 0.3) is 0 Å². The molecule has 61 valence electrons. The zero-order chi connectivity index (χ0) is 8.39. The molecule has 0 amide bonds. The maximum atomic E-state index is 8.41. The van der Waals surface area contributed by atoms with Gasteiger partial charge in [0.1, 0.15) is 5.75 Å². The highest BCUT2D eigenvalue weighted by Crippen LogP contribution is 2.40. The van der Waals surface area contributed by atoms with E-state index < -0.39 is 0 Å². The third-order valence-corrected chi connectivity index (χ3v) is 1.54. The molecule has 0 fully saturated rings. The molecule has 1 aromatic rings. The maximum Gasteiger partial charge on any atom is 0.569 e. The third-order valence-electron chi connectivity index (χ3n) is 1.54. The fourth-order valence-corrected chi connectivity index (χ4v) is 1.05.